The maximum absolute atomic E-state index is 13.0. The van der Waals surface area contributed by atoms with E-state index in [2.05, 4.69) is 10.3 Å². The summed E-state index contributed by atoms with van der Waals surface area (Å²) in [7, 11) is 0. The van der Waals surface area contributed by atoms with Crippen molar-refractivity contribution in [2.45, 2.75) is 18.6 Å². The zero-order valence-corrected chi connectivity index (χ0v) is 10.6. The molecule has 1 aromatic carbocycles. The number of hydrogen-bond donors (Lipinski definition) is 2. The molecule has 1 aromatic heterocycles. The fourth-order valence-corrected chi connectivity index (χ4v) is 2.50. The van der Waals surface area contributed by atoms with Crippen LogP contribution in [0.25, 0.3) is 0 Å². The van der Waals surface area contributed by atoms with E-state index in [1.807, 2.05) is 24.3 Å². The Morgan fingerprint density at radius 3 is 2.85 bits per heavy atom. The standard InChI is InChI=1S/C15H13FN2O2/c16-13-7-3-6-11(17-13)15(20)18-14-10-5-2-1-4-9(10)8-12(14)19/h1-7,12,14,19H,8H2,(H,18,20)/t12-,14+/m0/s1. The van der Waals surface area contributed by atoms with Gasteiger partial charge in [0, 0.05) is 6.42 Å². The summed E-state index contributed by atoms with van der Waals surface area (Å²) in [4.78, 5) is 15.6. The van der Waals surface area contributed by atoms with Crippen LogP contribution < -0.4 is 5.32 Å². The average molecular weight is 272 g/mol. The fourth-order valence-electron chi connectivity index (χ4n) is 2.50. The van der Waals surface area contributed by atoms with Gasteiger partial charge in [-0.05, 0) is 23.3 Å². The van der Waals surface area contributed by atoms with E-state index in [0.29, 0.717) is 6.42 Å². The molecule has 4 nitrogen and oxygen atoms in total. The summed E-state index contributed by atoms with van der Waals surface area (Å²) in [5, 5.41) is 12.8. The zero-order chi connectivity index (χ0) is 14.1. The van der Waals surface area contributed by atoms with Crippen LogP contribution in [-0.4, -0.2) is 22.1 Å². The van der Waals surface area contributed by atoms with Gasteiger partial charge in [-0.1, -0.05) is 30.3 Å². The number of rotatable bonds is 2. The predicted molar refractivity (Wildman–Crippen MR) is 70.6 cm³/mol. The highest BCUT2D eigenvalue weighted by atomic mass is 19.1. The van der Waals surface area contributed by atoms with E-state index in [4.69, 9.17) is 0 Å². The smallest absolute Gasteiger partial charge is 0.270 e. The summed E-state index contributed by atoms with van der Waals surface area (Å²) in [5.74, 6) is -1.20. The predicted octanol–water partition coefficient (Wildman–Crippen LogP) is 1.61. The molecule has 1 amide bonds. The number of nitrogens with one attached hydrogen (secondary N) is 1. The normalized spacial score (nSPS) is 20.5. The third-order valence-electron chi connectivity index (χ3n) is 3.44. The highest BCUT2D eigenvalue weighted by molar-refractivity contribution is 5.92. The molecule has 3 rings (SSSR count). The quantitative estimate of drug-likeness (QED) is 0.816. The van der Waals surface area contributed by atoms with Crippen LogP contribution in [0.1, 0.15) is 27.7 Å². The number of pyridine rings is 1. The Hall–Kier alpha value is -2.27. The van der Waals surface area contributed by atoms with E-state index in [1.54, 1.807) is 0 Å². The number of hydrogen-bond acceptors (Lipinski definition) is 3. The number of carbonyl (C=O) groups is 1. The first-order valence-electron chi connectivity index (χ1n) is 6.34. The first-order chi connectivity index (χ1) is 9.65. The molecule has 0 fully saturated rings. The molecule has 2 aromatic rings. The van der Waals surface area contributed by atoms with E-state index in [-0.39, 0.29) is 5.69 Å². The summed E-state index contributed by atoms with van der Waals surface area (Å²) >= 11 is 0. The van der Waals surface area contributed by atoms with Gasteiger partial charge >= 0.3 is 0 Å². The first kappa shape index (κ1) is 12.7. The third-order valence-corrected chi connectivity index (χ3v) is 3.44. The van der Waals surface area contributed by atoms with Crippen LogP contribution >= 0.6 is 0 Å². The van der Waals surface area contributed by atoms with Gasteiger partial charge in [-0.2, -0.15) is 4.39 Å². The van der Waals surface area contributed by atoms with Crippen LogP contribution in [0.15, 0.2) is 42.5 Å². The van der Waals surface area contributed by atoms with Gasteiger partial charge in [0.2, 0.25) is 5.95 Å². The summed E-state index contributed by atoms with van der Waals surface area (Å²) in [6.07, 6.45) is -0.178. The van der Waals surface area contributed by atoms with Crippen LogP contribution in [0.5, 0.6) is 0 Å². The SMILES string of the molecule is O=C(N[C@@H]1c2ccccc2C[C@@H]1O)c1cccc(F)n1. The molecule has 1 aliphatic carbocycles. The molecule has 0 saturated heterocycles. The molecule has 0 unspecified atom stereocenters. The number of benzene rings is 1. The maximum Gasteiger partial charge on any atom is 0.270 e. The van der Waals surface area contributed by atoms with Crippen LogP contribution in [0, 0.1) is 5.95 Å². The van der Waals surface area contributed by atoms with Crippen LogP contribution in [0.2, 0.25) is 0 Å². The Kier molecular flexibility index (Phi) is 3.20. The van der Waals surface area contributed by atoms with Gasteiger partial charge in [-0.15, -0.1) is 0 Å². The van der Waals surface area contributed by atoms with Gasteiger partial charge in [0.1, 0.15) is 5.69 Å². The molecular formula is C15H13FN2O2. The van der Waals surface area contributed by atoms with Crippen LogP contribution in [-0.2, 0) is 6.42 Å². The Morgan fingerprint density at radius 2 is 2.05 bits per heavy atom. The van der Waals surface area contributed by atoms with E-state index >= 15 is 0 Å². The number of carbonyl (C=O) groups excluding carboxylic acids is 1. The van der Waals surface area contributed by atoms with E-state index in [9.17, 15) is 14.3 Å². The average Bonchev–Trinajstić information content (AvgIpc) is 2.75. The number of nitrogens with zero attached hydrogens (tertiary/aromatic N) is 1. The Labute approximate surface area is 115 Å². The van der Waals surface area contributed by atoms with E-state index < -0.39 is 24.0 Å². The van der Waals surface area contributed by atoms with Crippen molar-refractivity contribution in [3.05, 3.63) is 65.2 Å². The molecule has 1 heterocycles. The highest BCUT2D eigenvalue weighted by Crippen LogP contribution is 2.31. The lowest BCUT2D eigenvalue weighted by Crippen LogP contribution is -2.34. The van der Waals surface area contributed by atoms with Gasteiger partial charge < -0.3 is 10.4 Å². The number of amides is 1. The first-order valence-corrected chi connectivity index (χ1v) is 6.34. The molecule has 5 heteroatoms. The molecular weight excluding hydrogens is 259 g/mol. The molecule has 0 saturated carbocycles. The zero-order valence-electron chi connectivity index (χ0n) is 10.6. The molecule has 0 aliphatic heterocycles. The second kappa shape index (κ2) is 5.02. The minimum atomic E-state index is -0.704. The lowest BCUT2D eigenvalue weighted by Gasteiger charge is -2.17. The van der Waals surface area contributed by atoms with Crippen molar-refractivity contribution in [2.24, 2.45) is 0 Å². The van der Waals surface area contributed by atoms with Crippen LogP contribution in [0.3, 0.4) is 0 Å². The Balaban J connectivity index is 1.83. The van der Waals surface area contributed by atoms with Gasteiger partial charge in [-0.25, -0.2) is 4.98 Å². The molecule has 2 atom stereocenters. The minimum absolute atomic E-state index is 0.00146. The summed E-state index contributed by atoms with van der Waals surface area (Å²) in [6, 6.07) is 11.1. The van der Waals surface area contributed by atoms with Gasteiger partial charge in [-0.3, -0.25) is 4.79 Å². The van der Waals surface area contributed by atoms with Crippen molar-refractivity contribution in [2.75, 3.05) is 0 Å². The third kappa shape index (κ3) is 2.28. The molecule has 0 radical (unpaired) electrons. The van der Waals surface area contributed by atoms with Crippen molar-refractivity contribution >= 4 is 5.91 Å². The lowest BCUT2D eigenvalue weighted by molar-refractivity contribution is 0.0852. The van der Waals surface area contributed by atoms with Crippen molar-refractivity contribution in [3.8, 4) is 0 Å². The van der Waals surface area contributed by atoms with E-state index in [1.165, 1.54) is 18.2 Å². The van der Waals surface area contributed by atoms with Crippen molar-refractivity contribution in [1.82, 2.24) is 10.3 Å². The monoisotopic (exact) mass is 272 g/mol. The summed E-state index contributed by atoms with van der Waals surface area (Å²) in [5.41, 5.74) is 1.91. The summed E-state index contributed by atoms with van der Waals surface area (Å²) < 4.78 is 13.0. The summed E-state index contributed by atoms with van der Waals surface area (Å²) in [6.45, 7) is 0. The molecule has 0 bridgehead atoms. The second-order valence-electron chi connectivity index (χ2n) is 4.77. The number of aliphatic hydroxyl groups excluding tert-OH is 1. The largest absolute Gasteiger partial charge is 0.390 e. The number of fused-ring (bicyclic) bond motifs is 1. The second-order valence-corrected chi connectivity index (χ2v) is 4.77. The van der Waals surface area contributed by atoms with Gasteiger partial charge in [0.15, 0.2) is 0 Å². The molecule has 0 spiro atoms. The minimum Gasteiger partial charge on any atom is -0.390 e. The number of aliphatic hydroxyl groups is 1. The van der Waals surface area contributed by atoms with Crippen molar-refractivity contribution < 1.29 is 14.3 Å². The number of halogens is 1. The lowest BCUT2D eigenvalue weighted by atomic mass is 10.1. The molecule has 2 N–H and O–H groups in total. The van der Waals surface area contributed by atoms with Crippen LogP contribution in [0.4, 0.5) is 4.39 Å². The highest BCUT2D eigenvalue weighted by Gasteiger charge is 2.32. The van der Waals surface area contributed by atoms with E-state index in [0.717, 1.165) is 11.1 Å². The van der Waals surface area contributed by atoms with Crippen molar-refractivity contribution in [3.63, 3.8) is 0 Å². The number of aromatic nitrogens is 1. The molecule has 20 heavy (non-hydrogen) atoms. The van der Waals surface area contributed by atoms with Gasteiger partial charge in [0.05, 0.1) is 12.1 Å². The maximum atomic E-state index is 13.0. The molecule has 1 aliphatic rings. The Bertz CT molecular complexity index is 660. The fraction of sp³-hybridized carbons (Fsp3) is 0.200. The van der Waals surface area contributed by atoms with Crippen molar-refractivity contribution in [1.29, 1.82) is 0 Å². The topological polar surface area (TPSA) is 62.2 Å². The Morgan fingerprint density at radius 1 is 1.25 bits per heavy atom. The van der Waals surface area contributed by atoms with Gasteiger partial charge in [0.25, 0.3) is 5.91 Å². The molecule has 102 valence electrons.